The van der Waals surface area contributed by atoms with Crippen molar-refractivity contribution in [3.8, 4) is 0 Å². The lowest BCUT2D eigenvalue weighted by atomic mass is 9.83. The first kappa shape index (κ1) is 30.0. The lowest BCUT2D eigenvalue weighted by Gasteiger charge is -2.27. The van der Waals surface area contributed by atoms with Crippen molar-refractivity contribution >= 4 is 29.5 Å². The Labute approximate surface area is 250 Å². The molecule has 4 aliphatic rings. The number of hydrogen-bond acceptors (Lipinski definition) is 5. The topological polar surface area (TPSA) is 84.4 Å². The Morgan fingerprint density at radius 2 is 1.83 bits per heavy atom. The number of urea groups is 1. The van der Waals surface area contributed by atoms with Crippen molar-refractivity contribution in [2.24, 2.45) is 5.92 Å². The van der Waals surface area contributed by atoms with Gasteiger partial charge in [0.15, 0.2) is 0 Å². The Kier molecular flexibility index (Phi) is 10.7. The zero-order chi connectivity index (χ0) is 28.6. The van der Waals surface area contributed by atoms with Gasteiger partial charge in [0.05, 0.1) is 10.6 Å². The van der Waals surface area contributed by atoms with Crippen molar-refractivity contribution in [1.82, 2.24) is 20.5 Å². The summed E-state index contributed by atoms with van der Waals surface area (Å²) in [6.45, 7) is 6.66. The van der Waals surface area contributed by atoms with Crippen LogP contribution in [0.2, 0.25) is 0 Å². The number of thioether (sulfide) groups is 1. The fraction of sp³-hybridized carbons (Fsp3) is 0.636. The van der Waals surface area contributed by atoms with Crippen LogP contribution in [0.3, 0.4) is 0 Å². The van der Waals surface area contributed by atoms with Gasteiger partial charge in [-0.3, -0.25) is 0 Å². The van der Waals surface area contributed by atoms with E-state index in [4.69, 9.17) is 4.74 Å². The van der Waals surface area contributed by atoms with E-state index in [0.717, 1.165) is 89.4 Å². The normalized spacial score (nSPS) is 24.1. The molecule has 2 atom stereocenters. The fourth-order valence-electron chi connectivity index (χ4n) is 6.90. The standard InChI is InChI=1S/C33H48N4O3S/c1-3-4-12-24-21-34-18-17-26(24)28(23(2)37-19-10-11-20-37)22-35-33(39)36-31-30(27-15-8-9-16-29(27)41-31)32(38)40-25-13-6-5-7-14-25/h10-11,19-20,25,27,29,34H,3-9,12-18,21-22H2,1-2H3,(H2,35,36,39)/b28-23+. The third kappa shape index (κ3) is 7.50. The summed E-state index contributed by atoms with van der Waals surface area (Å²) >= 11 is 1.67. The second kappa shape index (κ2) is 14.6. The number of esters is 1. The predicted molar refractivity (Wildman–Crippen MR) is 167 cm³/mol. The summed E-state index contributed by atoms with van der Waals surface area (Å²) < 4.78 is 8.17. The highest BCUT2D eigenvalue weighted by Gasteiger charge is 2.42. The van der Waals surface area contributed by atoms with E-state index in [1.807, 2.05) is 12.1 Å². The molecule has 0 aromatic carbocycles. The van der Waals surface area contributed by atoms with Crippen LogP contribution in [0.4, 0.5) is 4.79 Å². The summed E-state index contributed by atoms with van der Waals surface area (Å²) in [5.41, 5.74) is 5.86. The smallest absolute Gasteiger partial charge is 0.337 e. The van der Waals surface area contributed by atoms with Crippen molar-refractivity contribution in [2.75, 3.05) is 19.6 Å². The number of carbonyl (C=O) groups excluding carboxylic acids is 2. The summed E-state index contributed by atoms with van der Waals surface area (Å²) in [4.78, 5) is 26.9. The molecule has 224 valence electrons. The number of nitrogens with zero attached hydrogens (tertiary/aromatic N) is 1. The molecule has 5 rings (SSSR count). The molecule has 0 radical (unpaired) electrons. The third-order valence-electron chi connectivity index (χ3n) is 9.23. The van der Waals surface area contributed by atoms with E-state index in [-0.39, 0.29) is 24.0 Å². The molecular weight excluding hydrogens is 532 g/mol. The van der Waals surface area contributed by atoms with Gasteiger partial charge in [0.1, 0.15) is 6.10 Å². The summed E-state index contributed by atoms with van der Waals surface area (Å²) in [6, 6.07) is 3.82. The first-order valence-electron chi connectivity index (χ1n) is 16.0. The molecule has 1 aromatic rings. The number of fused-ring (bicyclic) bond motifs is 1. The molecule has 3 N–H and O–H groups in total. The number of unbranched alkanes of at least 4 members (excludes halogenated alkanes) is 1. The maximum Gasteiger partial charge on any atom is 0.337 e. The van der Waals surface area contributed by atoms with Crippen LogP contribution in [0.5, 0.6) is 0 Å². The monoisotopic (exact) mass is 580 g/mol. The quantitative estimate of drug-likeness (QED) is 0.263. The van der Waals surface area contributed by atoms with Gasteiger partial charge < -0.3 is 25.3 Å². The van der Waals surface area contributed by atoms with Gasteiger partial charge in [0.25, 0.3) is 0 Å². The zero-order valence-corrected chi connectivity index (χ0v) is 25.8. The summed E-state index contributed by atoms with van der Waals surface area (Å²) in [6.07, 6.45) is 18.2. The average Bonchev–Trinajstić information content (AvgIpc) is 3.65. The molecule has 2 amide bonds. The van der Waals surface area contributed by atoms with Crippen molar-refractivity contribution in [3.05, 3.63) is 51.8 Å². The largest absolute Gasteiger partial charge is 0.459 e. The van der Waals surface area contributed by atoms with Crippen LogP contribution in [-0.2, 0) is 9.53 Å². The second-order valence-corrected chi connectivity index (χ2v) is 13.3. The molecule has 2 unspecified atom stereocenters. The zero-order valence-electron chi connectivity index (χ0n) is 24.9. The number of ether oxygens (including phenoxy) is 1. The summed E-state index contributed by atoms with van der Waals surface area (Å²) in [5.74, 6) is -0.0360. The second-order valence-electron chi connectivity index (χ2n) is 12.0. The molecule has 7 nitrogen and oxygen atoms in total. The molecule has 2 saturated carbocycles. The van der Waals surface area contributed by atoms with Crippen molar-refractivity contribution in [3.63, 3.8) is 0 Å². The molecule has 0 bridgehead atoms. The number of hydrogen-bond donors (Lipinski definition) is 3. The van der Waals surface area contributed by atoms with Crippen LogP contribution in [0.1, 0.15) is 97.3 Å². The summed E-state index contributed by atoms with van der Waals surface area (Å²) in [5, 5.41) is 10.9. The molecule has 0 saturated heterocycles. The van der Waals surface area contributed by atoms with Crippen LogP contribution in [-0.4, -0.2) is 47.6 Å². The van der Waals surface area contributed by atoms with Gasteiger partial charge in [-0.15, -0.1) is 11.8 Å². The maximum atomic E-state index is 13.5. The highest BCUT2D eigenvalue weighted by Crippen LogP contribution is 2.48. The Morgan fingerprint density at radius 1 is 1.07 bits per heavy atom. The number of amides is 2. The van der Waals surface area contributed by atoms with E-state index in [2.05, 4.69) is 46.8 Å². The minimum Gasteiger partial charge on any atom is -0.459 e. The van der Waals surface area contributed by atoms with E-state index >= 15 is 0 Å². The number of rotatable bonds is 10. The minimum absolute atomic E-state index is 0.0102. The number of allylic oxidation sites excluding steroid dienone is 1. The third-order valence-corrected chi connectivity index (χ3v) is 10.7. The molecule has 2 aliphatic carbocycles. The highest BCUT2D eigenvalue weighted by molar-refractivity contribution is 8.04. The van der Waals surface area contributed by atoms with Crippen LogP contribution in [0, 0.1) is 5.92 Å². The first-order valence-corrected chi connectivity index (χ1v) is 16.8. The molecule has 2 aliphatic heterocycles. The molecule has 8 heteroatoms. The van der Waals surface area contributed by atoms with E-state index in [0.29, 0.717) is 22.4 Å². The van der Waals surface area contributed by atoms with E-state index in [1.54, 1.807) is 11.8 Å². The van der Waals surface area contributed by atoms with Crippen LogP contribution >= 0.6 is 11.8 Å². The van der Waals surface area contributed by atoms with Crippen molar-refractivity contribution < 1.29 is 14.3 Å². The van der Waals surface area contributed by atoms with Crippen LogP contribution in [0.25, 0.3) is 5.70 Å². The van der Waals surface area contributed by atoms with Gasteiger partial charge in [-0.2, -0.15) is 0 Å². The predicted octanol–water partition coefficient (Wildman–Crippen LogP) is 6.89. The Hall–Kier alpha value is -2.45. The van der Waals surface area contributed by atoms with Crippen LogP contribution < -0.4 is 16.0 Å². The average molecular weight is 581 g/mol. The number of nitrogens with one attached hydrogen (secondary N) is 3. The maximum absolute atomic E-state index is 13.5. The number of carbonyl (C=O) groups is 2. The molecule has 2 fully saturated rings. The number of aromatic nitrogens is 1. The molecule has 0 spiro atoms. The van der Waals surface area contributed by atoms with Crippen molar-refractivity contribution in [1.29, 1.82) is 0 Å². The summed E-state index contributed by atoms with van der Waals surface area (Å²) in [7, 11) is 0. The molecular formula is C33H48N4O3S. The molecule has 3 heterocycles. The Morgan fingerprint density at radius 3 is 2.61 bits per heavy atom. The van der Waals surface area contributed by atoms with Gasteiger partial charge in [-0.25, -0.2) is 9.59 Å². The van der Waals surface area contributed by atoms with Gasteiger partial charge in [0, 0.05) is 42.3 Å². The van der Waals surface area contributed by atoms with Crippen LogP contribution in [0.15, 0.2) is 51.8 Å². The lowest BCUT2D eigenvalue weighted by Crippen LogP contribution is -2.37. The van der Waals surface area contributed by atoms with Gasteiger partial charge in [-0.1, -0.05) is 38.2 Å². The molecule has 1 aromatic heterocycles. The highest BCUT2D eigenvalue weighted by atomic mass is 32.2. The van der Waals surface area contributed by atoms with Crippen molar-refractivity contribution in [2.45, 2.75) is 109 Å². The van der Waals surface area contributed by atoms with E-state index in [1.165, 1.54) is 29.6 Å². The first-order chi connectivity index (χ1) is 20.0. The Bertz CT molecular complexity index is 1160. The molecule has 41 heavy (non-hydrogen) atoms. The van der Waals surface area contributed by atoms with Gasteiger partial charge in [-0.05, 0) is 94.5 Å². The SMILES string of the molecule is CCCCC1=C(/C(CNC(=O)NC2=C(C(=O)OC3CCCCC3)C3CCCCC3S2)=C(\C)n2cccc2)CCNC1. The Balaban J connectivity index is 1.34. The fourth-order valence-corrected chi connectivity index (χ4v) is 8.44. The van der Waals surface area contributed by atoms with Gasteiger partial charge >= 0.3 is 12.0 Å². The van der Waals surface area contributed by atoms with Gasteiger partial charge in [0.2, 0.25) is 0 Å². The lowest BCUT2D eigenvalue weighted by molar-refractivity contribution is -0.146. The minimum atomic E-state index is -0.253. The van der Waals surface area contributed by atoms with E-state index < -0.39 is 0 Å². The van der Waals surface area contributed by atoms with E-state index in [9.17, 15) is 9.59 Å².